The molecule has 2 nitrogen and oxygen atoms in total. The standard InChI is InChI=1S/C66H47NOS/c1-66(2,3)59-37-36-57(48-17-7-8-18-49(48)59)65-55-22-11-9-20-53(55)64(54-21-10-12-23-56(54)65)44-30-35-52-51-34-29-43(39-62(51)69-63(52)40-44)26-25-42-27-31-46(32-28-42)67(45-15-5-4-6-16-45)47-33-38-61-58(41-47)50-19-13-14-24-60(50)68-61/h4-41H,1-3H3/b26-25+. The highest BCUT2D eigenvalue weighted by Crippen LogP contribution is 2.48. The van der Waals surface area contributed by atoms with Crippen LogP contribution < -0.4 is 4.90 Å². The molecular formula is C66H47NOS. The number of rotatable bonds is 7. The van der Waals surface area contributed by atoms with Gasteiger partial charge in [-0.2, -0.15) is 0 Å². The van der Waals surface area contributed by atoms with Crippen molar-refractivity contribution in [2.45, 2.75) is 26.2 Å². The van der Waals surface area contributed by atoms with Crippen LogP contribution in [-0.2, 0) is 5.41 Å². The van der Waals surface area contributed by atoms with Gasteiger partial charge in [-0.25, -0.2) is 0 Å². The Hall–Kier alpha value is -8.24. The van der Waals surface area contributed by atoms with Gasteiger partial charge in [0.25, 0.3) is 0 Å². The zero-order valence-electron chi connectivity index (χ0n) is 38.7. The Morgan fingerprint density at radius 1 is 0.377 bits per heavy atom. The minimum atomic E-state index is 0.0333. The van der Waals surface area contributed by atoms with Gasteiger partial charge in [-0.05, 0) is 137 Å². The first kappa shape index (κ1) is 41.0. The third kappa shape index (κ3) is 7.00. The van der Waals surface area contributed by atoms with Crippen LogP contribution in [0.2, 0.25) is 0 Å². The fourth-order valence-electron chi connectivity index (χ4n) is 10.8. The monoisotopic (exact) mass is 901 g/mol. The highest BCUT2D eigenvalue weighted by Gasteiger charge is 2.22. The summed E-state index contributed by atoms with van der Waals surface area (Å²) in [6.07, 6.45) is 4.45. The van der Waals surface area contributed by atoms with Crippen LogP contribution in [0.3, 0.4) is 0 Å². The largest absolute Gasteiger partial charge is 0.456 e. The number of fused-ring (bicyclic) bond motifs is 9. The second kappa shape index (κ2) is 16.2. The van der Waals surface area contributed by atoms with Gasteiger partial charge in [0.05, 0.1) is 0 Å². The van der Waals surface area contributed by atoms with Crippen molar-refractivity contribution in [1.82, 2.24) is 0 Å². The molecule has 328 valence electrons. The summed E-state index contributed by atoms with van der Waals surface area (Å²) in [6, 6.07) is 79.8. The Balaban J connectivity index is 0.841. The average Bonchev–Trinajstić information content (AvgIpc) is 3.95. The number of para-hydroxylation sites is 2. The van der Waals surface area contributed by atoms with Crippen molar-refractivity contribution in [2.75, 3.05) is 4.90 Å². The topological polar surface area (TPSA) is 16.4 Å². The van der Waals surface area contributed by atoms with E-state index in [0.717, 1.165) is 44.6 Å². The minimum Gasteiger partial charge on any atom is -0.456 e. The SMILES string of the molecule is CC(C)(C)c1ccc(-c2c3ccccc3c(-c3ccc4c(c3)sc3cc(/C=C/c5ccc(N(c6ccccc6)c6ccc7oc8ccccc8c7c6)cc5)ccc34)c3ccccc23)c2ccccc12. The summed E-state index contributed by atoms with van der Waals surface area (Å²) < 4.78 is 8.75. The number of furan rings is 1. The molecule has 0 aliphatic carbocycles. The molecule has 0 fully saturated rings. The second-order valence-electron chi connectivity index (χ2n) is 19.2. The van der Waals surface area contributed by atoms with Crippen molar-refractivity contribution in [2.24, 2.45) is 0 Å². The maximum absolute atomic E-state index is 6.17. The predicted octanol–water partition coefficient (Wildman–Crippen LogP) is 19.7. The van der Waals surface area contributed by atoms with E-state index in [4.69, 9.17) is 4.42 Å². The summed E-state index contributed by atoms with van der Waals surface area (Å²) in [5.41, 5.74) is 13.9. The quantitative estimate of drug-likeness (QED) is 0.117. The molecule has 0 radical (unpaired) electrons. The Kier molecular flexibility index (Phi) is 9.64. The second-order valence-corrected chi connectivity index (χ2v) is 20.3. The Morgan fingerprint density at radius 2 is 0.913 bits per heavy atom. The van der Waals surface area contributed by atoms with Crippen LogP contribution in [-0.4, -0.2) is 0 Å². The molecule has 0 aliphatic rings. The fraction of sp³-hybridized carbons (Fsp3) is 0.0606. The van der Waals surface area contributed by atoms with E-state index in [0.29, 0.717) is 0 Å². The van der Waals surface area contributed by atoms with E-state index in [-0.39, 0.29) is 5.41 Å². The number of thiophene rings is 1. The Bertz CT molecular complexity index is 4110. The van der Waals surface area contributed by atoms with Gasteiger partial charge in [0.2, 0.25) is 0 Å². The first-order valence-electron chi connectivity index (χ1n) is 23.8. The third-order valence-electron chi connectivity index (χ3n) is 14.0. The average molecular weight is 902 g/mol. The van der Waals surface area contributed by atoms with Gasteiger partial charge in [-0.3, -0.25) is 0 Å². The van der Waals surface area contributed by atoms with Crippen molar-refractivity contribution in [3.05, 3.63) is 235 Å². The van der Waals surface area contributed by atoms with E-state index in [1.165, 1.54) is 85.9 Å². The van der Waals surface area contributed by atoms with Gasteiger partial charge in [0, 0.05) is 48.0 Å². The van der Waals surface area contributed by atoms with Crippen molar-refractivity contribution < 1.29 is 4.42 Å². The molecule has 69 heavy (non-hydrogen) atoms. The van der Waals surface area contributed by atoms with Gasteiger partial charge in [-0.15, -0.1) is 11.3 Å². The molecule has 13 rings (SSSR count). The van der Waals surface area contributed by atoms with Crippen LogP contribution in [0.25, 0.3) is 109 Å². The highest BCUT2D eigenvalue weighted by molar-refractivity contribution is 7.25. The van der Waals surface area contributed by atoms with Gasteiger partial charge in [0.15, 0.2) is 0 Å². The van der Waals surface area contributed by atoms with Gasteiger partial charge >= 0.3 is 0 Å². The fourth-order valence-corrected chi connectivity index (χ4v) is 12.0. The number of anilines is 3. The predicted molar refractivity (Wildman–Crippen MR) is 299 cm³/mol. The molecule has 0 N–H and O–H groups in total. The van der Waals surface area contributed by atoms with E-state index in [9.17, 15) is 0 Å². The molecule has 0 aliphatic heterocycles. The van der Waals surface area contributed by atoms with E-state index >= 15 is 0 Å². The summed E-state index contributed by atoms with van der Waals surface area (Å²) in [5.74, 6) is 0. The first-order valence-corrected chi connectivity index (χ1v) is 24.6. The molecule has 2 heterocycles. The zero-order valence-corrected chi connectivity index (χ0v) is 39.5. The van der Waals surface area contributed by atoms with Crippen LogP contribution in [0.5, 0.6) is 0 Å². The minimum absolute atomic E-state index is 0.0333. The highest BCUT2D eigenvalue weighted by atomic mass is 32.1. The normalized spacial score (nSPS) is 12.2. The van der Waals surface area contributed by atoms with E-state index in [1.54, 1.807) is 0 Å². The first-order chi connectivity index (χ1) is 33.8. The van der Waals surface area contributed by atoms with Crippen LogP contribution in [0.1, 0.15) is 37.5 Å². The molecular weight excluding hydrogens is 855 g/mol. The molecule has 13 aromatic rings. The lowest BCUT2D eigenvalue weighted by Crippen LogP contribution is -2.11. The Labute approximate surface area is 405 Å². The summed E-state index contributed by atoms with van der Waals surface area (Å²) >= 11 is 1.88. The van der Waals surface area contributed by atoms with E-state index in [2.05, 4.69) is 244 Å². The lowest BCUT2D eigenvalue weighted by molar-refractivity contribution is 0.596. The van der Waals surface area contributed by atoms with Gasteiger partial charge in [-0.1, -0.05) is 191 Å². The van der Waals surface area contributed by atoms with Crippen molar-refractivity contribution in [1.29, 1.82) is 0 Å². The molecule has 2 aromatic heterocycles. The number of nitrogens with zero attached hydrogens (tertiary/aromatic N) is 1. The summed E-state index contributed by atoms with van der Waals surface area (Å²) in [6.45, 7) is 6.93. The van der Waals surface area contributed by atoms with Crippen molar-refractivity contribution >= 4 is 115 Å². The van der Waals surface area contributed by atoms with Gasteiger partial charge < -0.3 is 9.32 Å². The number of hydrogen-bond donors (Lipinski definition) is 0. The molecule has 0 saturated heterocycles. The molecule has 0 spiro atoms. The van der Waals surface area contributed by atoms with Crippen molar-refractivity contribution in [3.63, 3.8) is 0 Å². The van der Waals surface area contributed by atoms with Crippen LogP contribution >= 0.6 is 11.3 Å². The number of benzene rings is 11. The lowest BCUT2D eigenvalue weighted by atomic mass is 9.80. The maximum atomic E-state index is 6.17. The summed E-state index contributed by atoms with van der Waals surface area (Å²) in [5, 5.41) is 12.5. The molecule has 0 atom stereocenters. The molecule has 0 saturated carbocycles. The van der Waals surface area contributed by atoms with Crippen LogP contribution in [0, 0.1) is 0 Å². The van der Waals surface area contributed by atoms with Crippen LogP contribution in [0.4, 0.5) is 17.1 Å². The third-order valence-corrected chi connectivity index (χ3v) is 15.1. The Morgan fingerprint density at radius 3 is 1.62 bits per heavy atom. The van der Waals surface area contributed by atoms with Crippen LogP contribution in [0.15, 0.2) is 223 Å². The van der Waals surface area contributed by atoms with E-state index < -0.39 is 0 Å². The molecule has 0 amide bonds. The zero-order chi connectivity index (χ0) is 46.2. The molecule has 3 heteroatoms. The number of hydrogen-bond acceptors (Lipinski definition) is 3. The van der Waals surface area contributed by atoms with E-state index in [1.807, 2.05) is 23.5 Å². The maximum Gasteiger partial charge on any atom is 0.135 e. The lowest BCUT2D eigenvalue weighted by Gasteiger charge is -2.25. The van der Waals surface area contributed by atoms with Crippen molar-refractivity contribution in [3.8, 4) is 22.3 Å². The summed E-state index contributed by atoms with van der Waals surface area (Å²) in [4.78, 5) is 2.31. The van der Waals surface area contributed by atoms with Gasteiger partial charge in [0.1, 0.15) is 11.2 Å². The molecule has 0 bridgehead atoms. The summed E-state index contributed by atoms with van der Waals surface area (Å²) in [7, 11) is 0. The molecule has 11 aromatic carbocycles. The smallest absolute Gasteiger partial charge is 0.135 e. The molecule has 0 unspecified atom stereocenters.